The van der Waals surface area contributed by atoms with E-state index in [4.69, 9.17) is 5.73 Å². The number of nitrogens with zero attached hydrogens (tertiary/aromatic N) is 1. The lowest BCUT2D eigenvalue weighted by molar-refractivity contribution is -0.131. The molecule has 178 valence electrons. The Morgan fingerprint density at radius 1 is 1.15 bits per heavy atom. The number of nitrogens with two attached hydrogens (primary N) is 1. The molecule has 34 heavy (non-hydrogen) atoms. The molecule has 1 aromatic carbocycles. The van der Waals surface area contributed by atoms with Crippen LogP contribution in [0.25, 0.3) is 10.9 Å². The summed E-state index contributed by atoms with van der Waals surface area (Å²) >= 11 is 0. The molecule has 4 rings (SSSR count). The van der Waals surface area contributed by atoms with Crippen molar-refractivity contribution in [2.24, 2.45) is 17.6 Å². The topological polar surface area (TPSA) is 170 Å². The molecular formula is C24H28N6O4. The third-order valence-corrected chi connectivity index (χ3v) is 6.50. The van der Waals surface area contributed by atoms with Crippen molar-refractivity contribution in [3.05, 3.63) is 35.5 Å². The molecule has 1 aliphatic carbocycles. The number of rotatable bonds is 9. The summed E-state index contributed by atoms with van der Waals surface area (Å²) in [6, 6.07) is 6.97. The summed E-state index contributed by atoms with van der Waals surface area (Å²) < 4.78 is 0. The van der Waals surface area contributed by atoms with E-state index in [0.29, 0.717) is 41.8 Å². The molecule has 10 heteroatoms. The normalized spacial score (nSPS) is 19.5. The Labute approximate surface area is 196 Å². The van der Waals surface area contributed by atoms with Crippen LogP contribution < -0.4 is 21.7 Å². The minimum atomic E-state index is -1.01. The number of carbonyl (C=O) groups is 4. The molecule has 2 fully saturated rings. The molecule has 0 unspecified atom stereocenters. The average Bonchev–Trinajstić information content (AvgIpc) is 3.52. The third-order valence-electron chi connectivity index (χ3n) is 6.50. The molecule has 0 radical (unpaired) electrons. The average molecular weight is 465 g/mol. The second-order valence-electron chi connectivity index (χ2n) is 9.10. The van der Waals surface area contributed by atoms with Crippen LogP contribution in [0.2, 0.25) is 0 Å². The van der Waals surface area contributed by atoms with Crippen LogP contribution >= 0.6 is 0 Å². The van der Waals surface area contributed by atoms with Crippen LogP contribution in [0.3, 0.4) is 0 Å². The summed E-state index contributed by atoms with van der Waals surface area (Å²) in [5.74, 6) is -1.94. The molecule has 1 aromatic heterocycles. The van der Waals surface area contributed by atoms with Gasteiger partial charge in [-0.1, -0.05) is 18.9 Å². The van der Waals surface area contributed by atoms with Crippen LogP contribution in [0.1, 0.15) is 54.6 Å². The van der Waals surface area contributed by atoms with E-state index < -0.39 is 35.7 Å². The molecule has 2 aromatic rings. The molecule has 0 spiro atoms. The molecule has 2 aliphatic rings. The van der Waals surface area contributed by atoms with E-state index >= 15 is 0 Å². The number of amides is 4. The summed E-state index contributed by atoms with van der Waals surface area (Å²) in [5, 5.41) is 18.1. The van der Waals surface area contributed by atoms with Crippen LogP contribution in [0.5, 0.6) is 0 Å². The van der Waals surface area contributed by atoms with Crippen molar-refractivity contribution in [3.63, 3.8) is 0 Å². The van der Waals surface area contributed by atoms with Crippen molar-refractivity contribution in [3.8, 4) is 6.07 Å². The zero-order valence-electron chi connectivity index (χ0n) is 18.7. The molecule has 2 heterocycles. The zero-order valence-corrected chi connectivity index (χ0v) is 18.7. The fraction of sp³-hybridized carbons (Fsp3) is 0.458. The summed E-state index contributed by atoms with van der Waals surface area (Å²) in [6.45, 7) is 0.599. The highest BCUT2D eigenvalue weighted by atomic mass is 16.2. The zero-order chi connectivity index (χ0) is 24.2. The number of aromatic amines is 1. The quantitative estimate of drug-likeness (QED) is 0.369. The second kappa shape index (κ2) is 9.95. The number of H-pyrrole nitrogens is 1. The third kappa shape index (κ3) is 5.36. The van der Waals surface area contributed by atoms with Crippen LogP contribution in [-0.4, -0.2) is 47.2 Å². The number of fused-ring (bicyclic) bond motifs is 1. The van der Waals surface area contributed by atoms with Crippen LogP contribution in [0, 0.1) is 23.2 Å². The smallest absolute Gasteiger partial charge is 0.268 e. The minimum absolute atomic E-state index is 0.121. The molecular weight excluding hydrogens is 436 g/mol. The molecule has 6 N–H and O–H groups in total. The largest absolute Gasteiger partial charge is 0.368 e. The molecule has 1 saturated heterocycles. The van der Waals surface area contributed by atoms with Crippen molar-refractivity contribution < 1.29 is 19.2 Å². The van der Waals surface area contributed by atoms with Gasteiger partial charge in [0.25, 0.3) is 5.91 Å². The number of piperidine rings is 1. The Hall–Kier alpha value is -3.87. The lowest BCUT2D eigenvalue weighted by Gasteiger charge is -2.27. The predicted molar refractivity (Wildman–Crippen MR) is 123 cm³/mol. The van der Waals surface area contributed by atoms with E-state index in [1.165, 1.54) is 0 Å². The van der Waals surface area contributed by atoms with Crippen molar-refractivity contribution in [1.29, 1.82) is 5.26 Å². The van der Waals surface area contributed by atoms with Gasteiger partial charge in [-0.25, -0.2) is 0 Å². The fourth-order valence-electron chi connectivity index (χ4n) is 4.39. The Balaban J connectivity index is 1.46. The van der Waals surface area contributed by atoms with Gasteiger partial charge in [-0.05, 0) is 49.8 Å². The number of benzene rings is 1. The summed E-state index contributed by atoms with van der Waals surface area (Å²) in [6.07, 6.45) is 3.93. The first kappa shape index (κ1) is 23.3. The summed E-state index contributed by atoms with van der Waals surface area (Å²) in [4.78, 5) is 53.2. The minimum Gasteiger partial charge on any atom is -0.368 e. The SMILES string of the molecule is N#Cc1cccc2[nH]c(C(=O)N[C@@H](CC3CC3)C(=O)N[C@@H](C[C@@H]3CCCNC3=O)C(N)=O)cc12. The van der Waals surface area contributed by atoms with Gasteiger partial charge < -0.3 is 26.7 Å². The van der Waals surface area contributed by atoms with Gasteiger partial charge in [-0.3, -0.25) is 19.2 Å². The van der Waals surface area contributed by atoms with Crippen molar-refractivity contribution in [2.75, 3.05) is 6.54 Å². The first-order valence-corrected chi connectivity index (χ1v) is 11.6. The number of hydrogen-bond donors (Lipinski definition) is 5. The first-order chi connectivity index (χ1) is 16.4. The maximum Gasteiger partial charge on any atom is 0.268 e. The maximum atomic E-state index is 13.1. The molecule has 10 nitrogen and oxygen atoms in total. The van der Waals surface area contributed by atoms with Gasteiger partial charge in [0.2, 0.25) is 17.7 Å². The van der Waals surface area contributed by atoms with E-state index in [0.717, 1.165) is 19.3 Å². The molecule has 0 bridgehead atoms. The lowest BCUT2D eigenvalue weighted by Crippen LogP contribution is -2.54. The standard InChI is InChI=1S/C24H28N6O4/c25-12-15-3-1-5-17-16(15)11-20(28-17)24(34)30-19(9-13-6-7-13)23(33)29-18(21(26)31)10-14-4-2-8-27-22(14)32/h1,3,5,11,13-14,18-19,28H,2,4,6-10H2,(H2,26,31)(H,27,32)(H,29,33)(H,30,34)/t14-,18-,19-/m0/s1. The maximum absolute atomic E-state index is 13.1. The van der Waals surface area contributed by atoms with Gasteiger partial charge in [0.15, 0.2) is 0 Å². The highest BCUT2D eigenvalue weighted by Crippen LogP contribution is 2.33. The number of hydrogen-bond acceptors (Lipinski definition) is 5. The van der Waals surface area contributed by atoms with Gasteiger partial charge >= 0.3 is 0 Å². The van der Waals surface area contributed by atoms with Gasteiger partial charge in [0.05, 0.1) is 11.6 Å². The van der Waals surface area contributed by atoms with Crippen molar-refractivity contribution in [1.82, 2.24) is 20.9 Å². The van der Waals surface area contributed by atoms with Crippen LogP contribution in [0.15, 0.2) is 24.3 Å². The second-order valence-corrected chi connectivity index (χ2v) is 9.10. The summed E-state index contributed by atoms with van der Waals surface area (Å²) in [7, 11) is 0. The van der Waals surface area contributed by atoms with Crippen molar-refractivity contribution >= 4 is 34.5 Å². The Morgan fingerprint density at radius 3 is 2.62 bits per heavy atom. The lowest BCUT2D eigenvalue weighted by atomic mass is 9.91. The molecule has 4 amide bonds. The first-order valence-electron chi connectivity index (χ1n) is 11.6. The van der Waals surface area contributed by atoms with Gasteiger partial charge in [0, 0.05) is 23.4 Å². The van der Waals surface area contributed by atoms with Gasteiger partial charge in [-0.15, -0.1) is 0 Å². The number of aromatic nitrogens is 1. The Kier molecular flexibility index (Phi) is 6.82. The monoisotopic (exact) mass is 464 g/mol. The Bertz CT molecular complexity index is 1160. The van der Waals surface area contributed by atoms with E-state index in [1.54, 1.807) is 24.3 Å². The van der Waals surface area contributed by atoms with Gasteiger partial charge in [0.1, 0.15) is 17.8 Å². The van der Waals surface area contributed by atoms with E-state index in [2.05, 4.69) is 27.0 Å². The highest BCUT2D eigenvalue weighted by Gasteiger charge is 2.34. The van der Waals surface area contributed by atoms with E-state index in [-0.39, 0.29) is 18.0 Å². The van der Waals surface area contributed by atoms with Crippen molar-refractivity contribution in [2.45, 2.75) is 50.6 Å². The number of nitrogens with one attached hydrogen (secondary N) is 4. The number of carbonyl (C=O) groups excluding carboxylic acids is 4. The van der Waals surface area contributed by atoms with Crippen LogP contribution in [-0.2, 0) is 14.4 Å². The van der Waals surface area contributed by atoms with Crippen LogP contribution in [0.4, 0.5) is 0 Å². The molecule has 3 atom stereocenters. The highest BCUT2D eigenvalue weighted by molar-refractivity contribution is 6.01. The van der Waals surface area contributed by atoms with Gasteiger partial charge in [-0.2, -0.15) is 5.26 Å². The fourth-order valence-corrected chi connectivity index (χ4v) is 4.39. The number of primary amides is 1. The molecule has 1 aliphatic heterocycles. The predicted octanol–water partition coefficient (Wildman–Crippen LogP) is 0.824. The summed E-state index contributed by atoms with van der Waals surface area (Å²) in [5.41, 5.74) is 6.84. The van der Waals surface area contributed by atoms with E-state index in [1.807, 2.05) is 0 Å². The number of nitriles is 1. The Morgan fingerprint density at radius 2 is 1.94 bits per heavy atom. The molecule has 1 saturated carbocycles. The van der Waals surface area contributed by atoms with E-state index in [9.17, 15) is 24.4 Å².